The smallest absolute Gasteiger partial charge is 0.306 e. The third kappa shape index (κ3) is 41.6. The number of esters is 1. The molecular weight excluding hydrogens is 731 g/mol. The van der Waals surface area contributed by atoms with Crippen LogP contribution in [0.5, 0.6) is 0 Å². The minimum atomic E-state index is -0.819. The third-order valence-corrected chi connectivity index (χ3v) is 10.5. The highest BCUT2D eigenvalue weighted by Gasteiger charge is 2.23. The molecule has 0 saturated carbocycles. The van der Waals surface area contributed by atoms with Gasteiger partial charge >= 0.3 is 5.97 Å². The average molecular weight is 822 g/mol. The van der Waals surface area contributed by atoms with Crippen LogP contribution in [0.4, 0.5) is 0 Å². The van der Waals surface area contributed by atoms with Gasteiger partial charge in [-0.3, -0.25) is 9.59 Å². The number of carbonyl (C=O) groups is 2. The van der Waals surface area contributed by atoms with Gasteiger partial charge < -0.3 is 20.3 Å². The van der Waals surface area contributed by atoms with Gasteiger partial charge in [-0.05, 0) is 83.1 Å². The summed E-state index contributed by atoms with van der Waals surface area (Å²) in [5.74, 6) is -0.648. The lowest BCUT2D eigenvalue weighted by molar-refractivity contribution is -0.148. The van der Waals surface area contributed by atoms with Crippen molar-refractivity contribution in [2.45, 2.75) is 232 Å². The van der Waals surface area contributed by atoms with Crippen molar-refractivity contribution in [2.24, 2.45) is 0 Å². The largest absolute Gasteiger partial charge is 0.458 e. The molecule has 0 aromatic rings. The van der Waals surface area contributed by atoms with Crippen molar-refractivity contribution in [3.8, 4) is 0 Å². The number of aliphatic hydroxyl groups is 2. The van der Waals surface area contributed by atoms with E-state index in [4.69, 9.17) is 4.74 Å². The molecule has 0 aromatic heterocycles. The van der Waals surface area contributed by atoms with Gasteiger partial charge in [-0.25, -0.2) is 0 Å². The van der Waals surface area contributed by atoms with Crippen molar-refractivity contribution in [3.05, 3.63) is 85.1 Å². The molecule has 0 saturated heterocycles. The van der Waals surface area contributed by atoms with E-state index in [-0.39, 0.29) is 24.9 Å². The monoisotopic (exact) mass is 822 g/mol. The van der Waals surface area contributed by atoms with Crippen LogP contribution < -0.4 is 5.32 Å². The molecule has 1 amide bonds. The normalized spacial score (nSPS) is 14.1. The molecule has 0 fully saturated rings. The molecule has 6 nitrogen and oxygen atoms in total. The molecule has 0 aliphatic heterocycles. The van der Waals surface area contributed by atoms with E-state index in [1.807, 2.05) is 12.2 Å². The quantitative estimate of drug-likeness (QED) is 0.0324. The maximum atomic E-state index is 13.1. The number of hydrogen-bond donors (Lipinski definition) is 3. The zero-order valence-corrected chi connectivity index (χ0v) is 38.4. The second-order valence-electron chi connectivity index (χ2n) is 16.1. The highest BCUT2D eigenvalue weighted by atomic mass is 16.5. The first-order valence-corrected chi connectivity index (χ1v) is 24.3. The van der Waals surface area contributed by atoms with E-state index in [1.165, 1.54) is 83.5 Å². The summed E-state index contributed by atoms with van der Waals surface area (Å²) < 4.78 is 5.80. The number of carbonyl (C=O) groups excluding carboxylic acids is 2. The molecule has 0 aliphatic rings. The first-order valence-electron chi connectivity index (χ1n) is 24.3. The molecule has 3 unspecified atom stereocenters. The number of ether oxygens (including phenoxy) is 1. The van der Waals surface area contributed by atoms with Crippen LogP contribution in [0.3, 0.4) is 0 Å². The second-order valence-corrected chi connectivity index (χ2v) is 16.1. The van der Waals surface area contributed by atoms with Crippen LogP contribution in [0.2, 0.25) is 0 Å². The summed E-state index contributed by atoms with van der Waals surface area (Å²) in [7, 11) is 0. The molecule has 59 heavy (non-hydrogen) atoms. The molecule has 338 valence electrons. The Bertz CT molecular complexity index is 1150. The number of hydrogen-bond acceptors (Lipinski definition) is 5. The van der Waals surface area contributed by atoms with Crippen molar-refractivity contribution in [1.82, 2.24) is 5.32 Å². The van der Waals surface area contributed by atoms with Crippen LogP contribution in [-0.2, 0) is 14.3 Å². The van der Waals surface area contributed by atoms with Gasteiger partial charge in [0.05, 0.1) is 25.2 Å². The van der Waals surface area contributed by atoms with E-state index < -0.39 is 18.2 Å². The molecule has 0 aromatic carbocycles. The summed E-state index contributed by atoms with van der Waals surface area (Å²) in [4.78, 5) is 26.0. The van der Waals surface area contributed by atoms with E-state index in [1.54, 1.807) is 0 Å². The summed E-state index contributed by atoms with van der Waals surface area (Å²) in [6.45, 7) is 6.29. The van der Waals surface area contributed by atoms with Gasteiger partial charge in [-0.15, -0.1) is 0 Å². The van der Waals surface area contributed by atoms with Crippen LogP contribution in [0.25, 0.3) is 0 Å². The predicted molar refractivity (Wildman–Crippen MR) is 254 cm³/mol. The van der Waals surface area contributed by atoms with Gasteiger partial charge in [0.15, 0.2) is 0 Å². The zero-order valence-electron chi connectivity index (χ0n) is 38.4. The van der Waals surface area contributed by atoms with Gasteiger partial charge in [-0.1, -0.05) is 202 Å². The van der Waals surface area contributed by atoms with E-state index in [2.05, 4.69) is 99.0 Å². The zero-order chi connectivity index (χ0) is 43.1. The Hall–Kier alpha value is -2.96. The number of allylic oxidation sites excluding steroid dienone is 13. The van der Waals surface area contributed by atoms with Crippen LogP contribution in [-0.4, -0.2) is 46.9 Å². The number of rotatable bonds is 42. The molecule has 3 atom stereocenters. The SMILES string of the molecule is CC/C=C\C/C=C\C/C=C\C/C=C\C/C=C\CCCCCC(=O)OC(/C=C/C/C=C\CCCCCCCC)CC(=O)NC(CO)C(O)CCCCCCCCCCCC. The maximum Gasteiger partial charge on any atom is 0.306 e. The molecule has 6 heteroatoms. The van der Waals surface area contributed by atoms with E-state index >= 15 is 0 Å². The summed E-state index contributed by atoms with van der Waals surface area (Å²) in [6.07, 6.45) is 59.6. The fraction of sp³-hybridized carbons (Fsp3) is 0.698. The molecule has 0 bridgehead atoms. The van der Waals surface area contributed by atoms with E-state index in [9.17, 15) is 19.8 Å². The highest BCUT2D eigenvalue weighted by molar-refractivity contribution is 5.78. The Morgan fingerprint density at radius 1 is 0.525 bits per heavy atom. The van der Waals surface area contributed by atoms with Crippen molar-refractivity contribution >= 4 is 11.9 Å². The fourth-order valence-electron chi connectivity index (χ4n) is 6.77. The van der Waals surface area contributed by atoms with Crippen LogP contribution in [0.1, 0.15) is 213 Å². The van der Waals surface area contributed by atoms with Gasteiger partial charge in [0, 0.05) is 6.42 Å². The molecular formula is C53H91NO5. The minimum Gasteiger partial charge on any atom is -0.458 e. The van der Waals surface area contributed by atoms with Gasteiger partial charge in [0.2, 0.25) is 5.91 Å². The Labute approximate surface area is 363 Å². The number of nitrogens with one attached hydrogen (secondary N) is 1. The standard InChI is InChI=1S/C53H91NO5/c1-4-7-10-13-16-19-22-23-24-25-26-27-28-29-31-34-37-40-43-46-53(58)59-49(44-41-38-35-32-30-20-17-14-11-8-5-2)47-52(57)54-50(48-55)51(56)45-42-39-36-33-21-18-15-12-9-6-3/h7,10,16,19,23-24,26-27,29,31-32,35,41,44,49-51,55-56H,4-6,8-9,11-15,17-18,20-22,25,28,30,33-34,36-40,42-43,45-48H2,1-3H3,(H,54,57)/b10-7-,19-16-,24-23-,27-26-,31-29-,35-32-,44-41+. The summed E-state index contributed by atoms with van der Waals surface area (Å²) >= 11 is 0. The van der Waals surface area contributed by atoms with Gasteiger partial charge in [0.1, 0.15) is 6.10 Å². The Balaban J connectivity index is 4.69. The molecule has 0 spiro atoms. The molecule has 0 heterocycles. The highest BCUT2D eigenvalue weighted by Crippen LogP contribution is 2.15. The number of aliphatic hydroxyl groups excluding tert-OH is 2. The van der Waals surface area contributed by atoms with E-state index in [0.29, 0.717) is 19.3 Å². The topological polar surface area (TPSA) is 95.9 Å². The van der Waals surface area contributed by atoms with Crippen molar-refractivity contribution < 1.29 is 24.5 Å². The predicted octanol–water partition coefficient (Wildman–Crippen LogP) is 14.4. The van der Waals surface area contributed by atoms with Crippen molar-refractivity contribution in [2.75, 3.05) is 6.61 Å². The summed E-state index contributed by atoms with van der Waals surface area (Å²) in [5.41, 5.74) is 0. The van der Waals surface area contributed by atoms with Gasteiger partial charge in [0.25, 0.3) is 0 Å². The van der Waals surface area contributed by atoms with Crippen LogP contribution >= 0.6 is 0 Å². The first-order chi connectivity index (χ1) is 29.0. The number of amides is 1. The van der Waals surface area contributed by atoms with Crippen molar-refractivity contribution in [3.63, 3.8) is 0 Å². The molecule has 0 aliphatic carbocycles. The fourth-order valence-corrected chi connectivity index (χ4v) is 6.77. The first kappa shape index (κ1) is 56.0. The number of unbranched alkanes of at least 4 members (excludes halogenated alkanes) is 18. The maximum absolute atomic E-state index is 13.1. The molecule has 3 N–H and O–H groups in total. The summed E-state index contributed by atoms with van der Waals surface area (Å²) in [6, 6.07) is -0.741. The van der Waals surface area contributed by atoms with Crippen LogP contribution in [0.15, 0.2) is 85.1 Å². The lowest BCUT2D eigenvalue weighted by Gasteiger charge is -2.23. The van der Waals surface area contributed by atoms with Crippen molar-refractivity contribution in [1.29, 1.82) is 0 Å². The Kier molecular flexibility index (Phi) is 43.8. The molecule has 0 radical (unpaired) electrons. The second kappa shape index (κ2) is 46.1. The lowest BCUT2D eigenvalue weighted by Crippen LogP contribution is -2.46. The van der Waals surface area contributed by atoms with E-state index in [0.717, 1.165) is 83.5 Å². The minimum absolute atomic E-state index is 0.0464. The Morgan fingerprint density at radius 2 is 0.949 bits per heavy atom. The molecule has 0 rings (SSSR count). The third-order valence-electron chi connectivity index (χ3n) is 10.5. The van der Waals surface area contributed by atoms with Crippen LogP contribution in [0, 0.1) is 0 Å². The average Bonchev–Trinajstić information content (AvgIpc) is 3.23. The lowest BCUT2D eigenvalue weighted by atomic mass is 10.0. The Morgan fingerprint density at radius 3 is 1.44 bits per heavy atom. The van der Waals surface area contributed by atoms with Gasteiger partial charge in [-0.2, -0.15) is 0 Å². The summed E-state index contributed by atoms with van der Waals surface area (Å²) in [5, 5.41) is 23.6.